The molecular formula is C20H18FN3. The van der Waals surface area contributed by atoms with Crippen LogP contribution in [-0.2, 0) is 6.54 Å². The summed E-state index contributed by atoms with van der Waals surface area (Å²) in [5, 5.41) is 1.21. The fraction of sp³-hybridized carbons (Fsp3) is 0.150. The fourth-order valence-electron chi connectivity index (χ4n) is 3.33. The maximum absolute atomic E-state index is 13.4. The molecule has 120 valence electrons. The maximum atomic E-state index is 13.4. The molecule has 0 aliphatic carbocycles. The summed E-state index contributed by atoms with van der Waals surface area (Å²) in [6.45, 7) is 3.04. The number of benzene rings is 2. The van der Waals surface area contributed by atoms with Crippen molar-refractivity contribution in [3.63, 3.8) is 0 Å². The van der Waals surface area contributed by atoms with Crippen molar-refractivity contribution >= 4 is 10.9 Å². The van der Waals surface area contributed by atoms with E-state index in [1.807, 2.05) is 24.7 Å². The molecule has 0 spiro atoms. The van der Waals surface area contributed by atoms with Crippen LogP contribution in [0.4, 0.5) is 4.39 Å². The van der Waals surface area contributed by atoms with Crippen LogP contribution in [0, 0.1) is 5.82 Å². The van der Waals surface area contributed by atoms with Gasteiger partial charge in [-0.3, -0.25) is 0 Å². The molecule has 0 saturated heterocycles. The van der Waals surface area contributed by atoms with Crippen molar-refractivity contribution in [3.05, 3.63) is 90.4 Å². The van der Waals surface area contributed by atoms with Gasteiger partial charge in [-0.05, 0) is 30.7 Å². The van der Waals surface area contributed by atoms with Crippen LogP contribution in [0.15, 0.2) is 73.4 Å². The van der Waals surface area contributed by atoms with E-state index in [9.17, 15) is 4.39 Å². The Bertz CT molecular complexity index is 952. The molecule has 0 saturated carbocycles. The SMILES string of the molecule is CCn1cc(C(c2ccc(F)cc2)n2ccnc2)c2ccccc21. The number of nitrogens with zero attached hydrogens (tertiary/aromatic N) is 3. The largest absolute Gasteiger partial charge is 0.347 e. The number of aromatic nitrogens is 3. The molecular weight excluding hydrogens is 301 g/mol. The van der Waals surface area contributed by atoms with E-state index in [0.29, 0.717) is 0 Å². The first-order valence-corrected chi connectivity index (χ1v) is 8.08. The van der Waals surface area contributed by atoms with E-state index in [1.54, 1.807) is 6.20 Å². The van der Waals surface area contributed by atoms with Crippen molar-refractivity contribution in [1.82, 2.24) is 14.1 Å². The minimum atomic E-state index is -0.223. The Labute approximate surface area is 140 Å². The fourth-order valence-corrected chi connectivity index (χ4v) is 3.33. The third-order valence-corrected chi connectivity index (χ3v) is 4.46. The highest BCUT2D eigenvalue weighted by Gasteiger charge is 2.21. The summed E-state index contributed by atoms with van der Waals surface area (Å²) in [6.07, 6.45) is 7.73. The van der Waals surface area contributed by atoms with E-state index in [-0.39, 0.29) is 11.9 Å². The van der Waals surface area contributed by atoms with E-state index >= 15 is 0 Å². The first-order valence-electron chi connectivity index (χ1n) is 8.08. The molecule has 4 heteroatoms. The molecule has 0 amide bonds. The molecule has 1 atom stereocenters. The number of rotatable bonds is 4. The number of hydrogen-bond donors (Lipinski definition) is 0. The molecule has 0 N–H and O–H groups in total. The Hall–Kier alpha value is -2.88. The minimum Gasteiger partial charge on any atom is -0.347 e. The lowest BCUT2D eigenvalue weighted by Crippen LogP contribution is -2.10. The molecule has 0 bridgehead atoms. The van der Waals surface area contributed by atoms with E-state index in [4.69, 9.17) is 0 Å². The Balaban J connectivity index is 1.96. The minimum absolute atomic E-state index is 0.0363. The lowest BCUT2D eigenvalue weighted by molar-refractivity contribution is 0.622. The summed E-state index contributed by atoms with van der Waals surface area (Å²) >= 11 is 0. The van der Waals surface area contributed by atoms with Crippen LogP contribution in [-0.4, -0.2) is 14.1 Å². The van der Waals surface area contributed by atoms with Gasteiger partial charge in [-0.1, -0.05) is 30.3 Å². The third kappa shape index (κ3) is 2.40. The summed E-state index contributed by atoms with van der Waals surface area (Å²) in [5.74, 6) is -0.223. The molecule has 0 fully saturated rings. The normalized spacial score (nSPS) is 12.6. The van der Waals surface area contributed by atoms with Crippen LogP contribution in [0.3, 0.4) is 0 Å². The van der Waals surface area contributed by atoms with Gasteiger partial charge >= 0.3 is 0 Å². The van der Waals surface area contributed by atoms with Crippen LogP contribution in [0.2, 0.25) is 0 Å². The van der Waals surface area contributed by atoms with E-state index in [1.165, 1.54) is 28.6 Å². The van der Waals surface area contributed by atoms with Gasteiger partial charge in [0.15, 0.2) is 0 Å². The first-order chi connectivity index (χ1) is 11.8. The predicted octanol–water partition coefficient (Wildman–Crippen LogP) is 4.63. The second-order valence-corrected chi connectivity index (χ2v) is 5.85. The highest BCUT2D eigenvalue weighted by Crippen LogP contribution is 2.33. The number of para-hydroxylation sites is 1. The molecule has 3 nitrogen and oxygen atoms in total. The number of hydrogen-bond acceptors (Lipinski definition) is 1. The lowest BCUT2D eigenvalue weighted by atomic mass is 9.98. The van der Waals surface area contributed by atoms with Gasteiger partial charge in [-0.15, -0.1) is 0 Å². The van der Waals surface area contributed by atoms with E-state index in [2.05, 4.69) is 51.5 Å². The van der Waals surface area contributed by atoms with E-state index in [0.717, 1.165) is 12.1 Å². The Kier molecular flexibility index (Phi) is 3.65. The average Bonchev–Trinajstić information content (AvgIpc) is 3.26. The molecule has 4 aromatic rings. The van der Waals surface area contributed by atoms with Crippen LogP contribution in [0.25, 0.3) is 10.9 Å². The Morgan fingerprint density at radius 1 is 1.08 bits per heavy atom. The topological polar surface area (TPSA) is 22.8 Å². The Morgan fingerprint density at radius 2 is 1.88 bits per heavy atom. The highest BCUT2D eigenvalue weighted by atomic mass is 19.1. The van der Waals surface area contributed by atoms with Crippen molar-refractivity contribution in [2.75, 3.05) is 0 Å². The van der Waals surface area contributed by atoms with Crippen molar-refractivity contribution in [2.45, 2.75) is 19.5 Å². The van der Waals surface area contributed by atoms with Gasteiger partial charge in [-0.2, -0.15) is 0 Å². The van der Waals surface area contributed by atoms with Crippen LogP contribution < -0.4 is 0 Å². The zero-order valence-electron chi connectivity index (χ0n) is 13.4. The molecule has 0 aliphatic rings. The maximum Gasteiger partial charge on any atom is 0.123 e. The third-order valence-electron chi connectivity index (χ3n) is 4.46. The highest BCUT2D eigenvalue weighted by molar-refractivity contribution is 5.85. The lowest BCUT2D eigenvalue weighted by Gasteiger charge is -2.19. The molecule has 0 radical (unpaired) electrons. The molecule has 2 heterocycles. The number of aryl methyl sites for hydroxylation is 1. The second kappa shape index (κ2) is 5.96. The summed E-state index contributed by atoms with van der Waals surface area (Å²) in [7, 11) is 0. The average molecular weight is 319 g/mol. The quantitative estimate of drug-likeness (QED) is 0.537. The zero-order valence-corrected chi connectivity index (χ0v) is 13.4. The van der Waals surface area contributed by atoms with Crippen molar-refractivity contribution in [1.29, 1.82) is 0 Å². The summed E-state index contributed by atoms with van der Waals surface area (Å²) in [5.41, 5.74) is 3.44. The van der Waals surface area contributed by atoms with Gasteiger partial charge in [-0.25, -0.2) is 9.37 Å². The molecule has 2 aromatic heterocycles. The molecule has 1 unspecified atom stereocenters. The zero-order chi connectivity index (χ0) is 16.5. The molecule has 0 aliphatic heterocycles. The summed E-state index contributed by atoms with van der Waals surface area (Å²) in [4.78, 5) is 4.20. The number of imidazole rings is 1. The van der Waals surface area contributed by atoms with E-state index < -0.39 is 0 Å². The number of halogens is 1. The van der Waals surface area contributed by atoms with Gasteiger partial charge in [0, 0.05) is 41.6 Å². The first kappa shape index (κ1) is 14.7. The second-order valence-electron chi connectivity index (χ2n) is 5.85. The monoisotopic (exact) mass is 319 g/mol. The van der Waals surface area contributed by atoms with Gasteiger partial charge in [0.1, 0.15) is 5.82 Å². The van der Waals surface area contributed by atoms with Crippen LogP contribution in [0.1, 0.15) is 24.1 Å². The summed E-state index contributed by atoms with van der Waals surface area (Å²) < 4.78 is 17.7. The summed E-state index contributed by atoms with van der Waals surface area (Å²) in [6, 6.07) is 15.1. The Morgan fingerprint density at radius 3 is 2.58 bits per heavy atom. The standard InChI is InChI=1S/C20H18FN3/c1-2-23-13-18(17-5-3-4-6-19(17)23)20(24-12-11-22-14-24)15-7-9-16(21)10-8-15/h3-14,20H,2H2,1H3. The van der Waals surface area contributed by atoms with Crippen molar-refractivity contribution in [2.24, 2.45) is 0 Å². The number of fused-ring (bicyclic) bond motifs is 1. The van der Waals surface area contributed by atoms with Crippen LogP contribution >= 0.6 is 0 Å². The van der Waals surface area contributed by atoms with Crippen molar-refractivity contribution < 1.29 is 4.39 Å². The molecule has 2 aromatic carbocycles. The van der Waals surface area contributed by atoms with Gasteiger partial charge in [0.05, 0.1) is 12.4 Å². The van der Waals surface area contributed by atoms with Gasteiger partial charge in [0.25, 0.3) is 0 Å². The van der Waals surface area contributed by atoms with Gasteiger partial charge < -0.3 is 9.13 Å². The van der Waals surface area contributed by atoms with Crippen LogP contribution in [0.5, 0.6) is 0 Å². The van der Waals surface area contributed by atoms with Crippen molar-refractivity contribution in [3.8, 4) is 0 Å². The molecule has 4 rings (SSSR count). The smallest absolute Gasteiger partial charge is 0.123 e. The van der Waals surface area contributed by atoms with Gasteiger partial charge in [0.2, 0.25) is 0 Å². The molecule has 24 heavy (non-hydrogen) atoms. The predicted molar refractivity (Wildman–Crippen MR) is 93.5 cm³/mol.